The van der Waals surface area contributed by atoms with Crippen LogP contribution in [-0.4, -0.2) is 31.7 Å². The van der Waals surface area contributed by atoms with Crippen LogP contribution in [0.15, 0.2) is 71.8 Å². The van der Waals surface area contributed by atoms with Gasteiger partial charge in [-0.2, -0.15) is 5.10 Å². The summed E-state index contributed by atoms with van der Waals surface area (Å²) in [6.45, 7) is -0.345. The van der Waals surface area contributed by atoms with Gasteiger partial charge >= 0.3 is 0 Å². The molecule has 0 spiro atoms. The molecule has 3 rings (SSSR count). The Morgan fingerprint density at radius 1 is 1.06 bits per heavy atom. The Morgan fingerprint density at radius 3 is 2.64 bits per heavy atom. The van der Waals surface area contributed by atoms with Gasteiger partial charge in [0, 0.05) is 0 Å². The van der Waals surface area contributed by atoms with Crippen LogP contribution in [0.5, 0.6) is 11.5 Å². The van der Waals surface area contributed by atoms with E-state index >= 15 is 0 Å². The minimum atomic E-state index is -0.539. The molecule has 0 bridgehead atoms. The van der Waals surface area contributed by atoms with Crippen LogP contribution in [0.25, 0.3) is 0 Å². The van der Waals surface area contributed by atoms with Crippen molar-refractivity contribution in [2.45, 2.75) is 6.42 Å². The number of ether oxygens (including phenoxy) is 2. The second-order valence-corrected chi connectivity index (χ2v) is 7.24. The highest BCUT2D eigenvalue weighted by Gasteiger charge is 2.09. The molecule has 0 atom stereocenters. The van der Waals surface area contributed by atoms with Crippen LogP contribution in [-0.2, 0) is 16.0 Å². The van der Waals surface area contributed by atoms with Gasteiger partial charge in [-0.15, -0.1) is 0 Å². The molecule has 9 heteroatoms. The number of amides is 2. The first-order valence-electron chi connectivity index (χ1n) is 9.86. The van der Waals surface area contributed by atoms with Crippen LogP contribution >= 0.6 is 11.6 Å². The first-order chi connectivity index (χ1) is 15.9. The van der Waals surface area contributed by atoms with Crippen molar-refractivity contribution in [2.24, 2.45) is 5.10 Å². The molecule has 33 heavy (non-hydrogen) atoms. The lowest BCUT2D eigenvalue weighted by Gasteiger charge is -2.09. The van der Waals surface area contributed by atoms with Crippen molar-refractivity contribution in [1.82, 2.24) is 5.43 Å². The fraction of sp³-hybridized carbons (Fsp3) is 0.125. The maximum Gasteiger partial charge on any atom is 0.262 e. The molecule has 3 aromatic rings. The highest BCUT2D eigenvalue weighted by Crippen LogP contribution is 2.25. The number of hydrogen-bond acceptors (Lipinski definition) is 5. The fourth-order valence-corrected chi connectivity index (χ4v) is 3.04. The molecule has 0 aliphatic rings. The van der Waals surface area contributed by atoms with Crippen molar-refractivity contribution in [3.8, 4) is 11.5 Å². The van der Waals surface area contributed by atoms with E-state index in [2.05, 4.69) is 15.8 Å². The Bertz CT molecular complexity index is 1170. The first-order valence-corrected chi connectivity index (χ1v) is 10.2. The Labute approximate surface area is 195 Å². The number of carbonyl (C=O) groups is 2. The molecule has 0 aliphatic carbocycles. The number of hydrogen-bond donors (Lipinski definition) is 2. The zero-order valence-corrected chi connectivity index (χ0v) is 18.4. The summed E-state index contributed by atoms with van der Waals surface area (Å²) in [6.07, 6.45) is 1.58. The van der Waals surface area contributed by atoms with E-state index in [-0.39, 0.29) is 35.4 Å². The molecule has 0 fully saturated rings. The molecule has 0 radical (unpaired) electrons. The number of carbonyl (C=O) groups excluding carboxylic acids is 2. The SMILES string of the molecule is COc1cccc(CC(=O)N/N=C/c2ccc(OCC(=O)Nc3ccccc3F)c(Cl)c2)c1. The summed E-state index contributed by atoms with van der Waals surface area (Å²) in [5, 5.41) is 6.60. The number of hydrazone groups is 1. The number of benzene rings is 3. The third-order valence-electron chi connectivity index (χ3n) is 4.36. The minimum Gasteiger partial charge on any atom is -0.497 e. The summed E-state index contributed by atoms with van der Waals surface area (Å²) >= 11 is 6.20. The Balaban J connectivity index is 1.49. The Hall–Kier alpha value is -3.91. The molecule has 0 heterocycles. The topological polar surface area (TPSA) is 89.0 Å². The average Bonchev–Trinajstić information content (AvgIpc) is 2.80. The summed E-state index contributed by atoms with van der Waals surface area (Å²) in [5.41, 5.74) is 3.93. The van der Waals surface area contributed by atoms with E-state index in [1.165, 1.54) is 24.4 Å². The van der Waals surface area contributed by atoms with Crippen LogP contribution < -0.4 is 20.2 Å². The first kappa shape index (κ1) is 23.7. The fourth-order valence-electron chi connectivity index (χ4n) is 2.79. The number of nitrogens with one attached hydrogen (secondary N) is 2. The molecule has 170 valence electrons. The number of halogens is 2. The van der Waals surface area contributed by atoms with E-state index in [4.69, 9.17) is 21.1 Å². The number of anilines is 1. The highest BCUT2D eigenvalue weighted by atomic mass is 35.5. The molecule has 0 aliphatic heterocycles. The lowest BCUT2D eigenvalue weighted by Crippen LogP contribution is -2.21. The van der Waals surface area contributed by atoms with E-state index in [0.717, 1.165) is 5.56 Å². The summed E-state index contributed by atoms with van der Waals surface area (Å²) < 4.78 is 24.1. The molecule has 0 saturated carbocycles. The second-order valence-electron chi connectivity index (χ2n) is 6.83. The van der Waals surface area contributed by atoms with Gasteiger partial charge < -0.3 is 14.8 Å². The summed E-state index contributed by atoms with van der Waals surface area (Å²) in [4.78, 5) is 24.0. The van der Waals surface area contributed by atoms with Crippen LogP contribution in [0.4, 0.5) is 10.1 Å². The Morgan fingerprint density at radius 2 is 1.88 bits per heavy atom. The van der Waals surface area contributed by atoms with Crippen LogP contribution in [0, 0.1) is 5.82 Å². The molecule has 2 amide bonds. The molecular formula is C24H21ClFN3O4. The van der Waals surface area contributed by atoms with E-state index in [1.54, 1.807) is 49.6 Å². The quantitative estimate of drug-likeness (QED) is 0.363. The van der Waals surface area contributed by atoms with E-state index in [1.807, 2.05) is 6.07 Å². The van der Waals surface area contributed by atoms with Gasteiger partial charge in [0.15, 0.2) is 6.61 Å². The number of para-hydroxylation sites is 1. The van der Waals surface area contributed by atoms with Crippen molar-refractivity contribution in [3.63, 3.8) is 0 Å². The predicted molar refractivity (Wildman–Crippen MR) is 124 cm³/mol. The van der Waals surface area contributed by atoms with E-state index in [0.29, 0.717) is 11.3 Å². The average molecular weight is 470 g/mol. The summed E-state index contributed by atoms with van der Waals surface area (Å²) in [6, 6.07) is 17.8. The lowest BCUT2D eigenvalue weighted by atomic mass is 10.1. The summed E-state index contributed by atoms with van der Waals surface area (Å²) in [5.74, 6) is -0.403. The third kappa shape index (κ3) is 7.33. The van der Waals surface area contributed by atoms with Crippen molar-refractivity contribution >= 4 is 35.3 Å². The van der Waals surface area contributed by atoms with Gasteiger partial charge in [0.1, 0.15) is 17.3 Å². The third-order valence-corrected chi connectivity index (χ3v) is 4.66. The number of rotatable bonds is 9. The molecule has 3 aromatic carbocycles. The smallest absolute Gasteiger partial charge is 0.262 e. The maximum atomic E-state index is 13.6. The van der Waals surface area contributed by atoms with Crippen LogP contribution in [0.2, 0.25) is 5.02 Å². The largest absolute Gasteiger partial charge is 0.497 e. The van der Waals surface area contributed by atoms with Gasteiger partial charge in [-0.3, -0.25) is 9.59 Å². The molecule has 7 nitrogen and oxygen atoms in total. The van der Waals surface area contributed by atoms with E-state index in [9.17, 15) is 14.0 Å². The molecule has 2 N–H and O–H groups in total. The monoisotopic (exact) mass is 469 g/mol. The molecule has 0 aromatic heterocycles. The van der Waals surface area contributed by atoms with Gasteiger partial charge in [-0.25, -0.2) is 9.82 Å². The van der Waals surface area contributed by atoms with Crippen LogP contribution in [0.3, 0.4) is 0 Å². The van der Waals surface area contributed by atoms with Gasteiger partial charge in [-0.05, 0) is 53.6 Å². The van der Waals surface area contributed by atoms with Crippen molar-refractivity contribution in [1.29, 1.82) is 0 Å². The number of nitrogens with zero attached hydrogens (tertiary/aromatic N) is 1. The molecular weight excluding hydrogens is 449 g/mol. The van der Waals surface area contributed by atoms with Gasteiger partial charge in [0.2, 0.25) is 5.91 Å². The van der Waals surface area contributed by atoms with Gasteiger partial charge in [0.25, 0.3) is 5.91 Å². The zero-order valence-electron chi connectivity index (χ0n) is 17.7. The second kappa shape index (κ2) is 11.6. The van der Waals surface area contributed by atoms with Crippen molar-refractivity contribution < 1.29 is 23.5 Å². The van der Waals surface area contributed by atoms with Crippen LogP contribution in [0.1, 0.15) is 11.1 Å². The van der Waals surface area contributed by atoms with Crippen molar-refractivity contribution in [3.05, 3.63) is 88.7 Å². The number of methoxy groups -OCH3 is 1. The van der Waals surface area contributed by atoms with Crippen molar-refractivity contribution in [2.75, 3.05) is 19.0 Å². The predicted octanol–water partition coefficient (Wildman–Crippen LogP) is 4.20. The molecule has 0 unspecified atom stereocenters. The standard InChI is InChI=1S/C24H21ClFN3O4/c1-32-18-6-4-5-16(11-18)13-23(30)29-27-14-17-9-10-22(19(25)12-17)33-15-24(31)28-21-8-3-2-7-20(21)26/h2-12,14H,13,15H2,1H3,(H,28,31)(H,29,30)/b27-14+. The normalized spacial score (nSPS) is 10.6. The van der Waals surface area contributed by atoms with Gasteiger partial charge in [0.05, 0.1) is 30.5 Å². The Kier molecular flexibility index (Phi) is 8.37. The van der Waals surface area contributed by atoms with E-state index < -0.39 is 11.7 Å². The lowest BCUT2D eigenvalue weighted by molar-refractivity contribution is -0.120. The zero-order chi connectivity index (χ0) is 23.6. The molecule has 0 saturated heterocycles. The minimum absolute atomic E-state index is 0.0669. The van der Waals surface area contributed by atoms with Gasteiger partial charge in [-0.1, -0.05) is 35.9 Å². The summed E-state index contributed by atoms with van der Waals surface area (Å²) in [7, 11) is 1.56. The highest BCUT2D eigenvalue weighted by molar-refractivity contribution is 6.32. The maximum absolute atomic E-state index is 13.6.